The molecule has 0 saturated carbocycles. The minimum atomic E-state index is -2.05. The largest absolute Gasteiger partial charge is 0.296 e. The van der Waals surface area contributed by atoms with Gasteiger partial charge in [0.1, 0.15) is 0 Å². The fraction of sp³-hybridized carbons (Fsp3) is 0.200. The first-order valence-electron chi connectivity index (χ1n) is 3.96. The molecule has 74 valence electrons. The van der Waals surface area contributed by atoms with Crippen molar-refractivity contribution in [2.24, 2.45) is 0 Å². The lowest BCUT2D eigenvalue weighted by atomic mass is 10.1. The Balaban J connectivity index is 2.90. The summed E-state index contributed by atoms with van der Waals surface area (Å²) in [5.41, 5.74) is 0.205. The van der Waals surface area contributed by atoms with Crippen LogP contribution in [0.15, 0.2) is 28.7 Å². The van der Waals surface area contributed by atoms with Gasteiger partial charge in [0, 0.05) is 10.0 Å². The Morgan fingerprint density at radius 1 is 1.29 bits per heavy atom. The van der Waals surface area contributed by atoms with E-state index in [-0.39, 0.29) is 5.56 Å². The van der Waals surface area contributed by atoms with Gasteiger partial charge in [-0.25, -0.2) is 4.39 Å². The smallest absolute Gasteiger partial charge is 0.220 e. The zero-order valence-electron chi connectivity index (χ0n) is 7.46. The lowest BCUT2D eigenvalue weighted by Gasteiger charge is -2.03. The van der Waals surface area contributed by atoms with Crippen LogP contribution in [0.3, 0.4) is 0 Å². The summed E-state index contributed by atoms with van der Waals surface area (Å²) in [4.78, 5) is 21.9. The SMILES string of the molecule is CC(=O)C(F)C(=O)c1ccc(Br)cc1. The standard InChI is InChI=1S/C10H8BrFO2/c1-6(13)9(12)10(14)7-2-4-8(11)5-3-7/h2-5,9H,1H3. The number of benzene rings is 1. The van der Waals surface area contributed by atoms with E-state index in [2.05, 4.69) is 15.9 Å². The highest BCUT2D eigenvalue weighted by Crippen LogP contribution is 2.13. The van der Waals surface area contributed by atoms with Crippen LogP contribution in [0.25, 0.3) is 0 Å². The molecule has 1 rings (SSSR count). The minimum Gasteiger partial charge on any atom is -0.296 e. The molecule has 0 heterocycles. The number of hydrogen-bond donors (Lipinski definition) is 0. The molecule has 1 atom stereocenters. The van der Waals surface area contributed by atoms with Crippen LogP contribution < -0.4 is 0 Å². The second kappa shape index (κ2) is 4.46. The summed E-state index contributed by atoms with van der Waals surface area (Å²) in [6, 6.07) is 6.20. The molecule has 0 aliphatic carbocycles. The van der Waals surface area contributed by atoms with Gasteiger partial charge in [0.2, 0.25) is 12.0 Å². The van der Waals surface area contributed by atoms with E-state index in [4.69, 9.17) is 0 Å². The van der Waals surface area contributed by atoms with E-state index in [0.29, 0.717) is 0 Å². The molecule has 1 aromatic carbocycles. The molecule has 14 heavy (non-hydrogen) atoms. The fourth-order valence-electron chi connectivity index (χ4n) is 0.945. The van der Waals surface area contributed by atoms with Crippen LogP contribution in [0, 0.1) is 0 Å². The number of halogens is 2. The van der Waals surface area contributed by atoms with Crippen molar-refractivity contribution in [2.45, 2.75) is 13.1 Å². The molecule has 0 radical (unpaired) electrons. The van der Waals surface area contributed by atoms with Crippen LogP contribution in [-0.4, -0.2) is 17.7 Å². The second-order valence-corrected chi connectivity index (χ2v) is 3.76. The van der Waals surface area contributed by atoms with Gasteiger partial charge in [-0.2, -0.15) is 0 Å². The molecule has 1 unspecified atom stereocenters. The Kier molecular flexibility index (Phi) is 3.52. The van der Waals surface area contributed by atoms with Crippen LogP contribution in [-0.2, 0) is 4.79 Å². The van der Waals surface area contributed by atoms with Crippen LogP contribution in [0.4, 0.5) is 4.39 Å². The molecule has 0 aliphatic heterocycles. The molecule has 2 nitrogen and oxygen atoms in total. The maximum absolute atomic E-state index is 13.0. The summed E-state index contributed by atoms with van der Waals surface area (Å²) in [6.07, 6.45) is -2.05. The molecule has 0 aromatic heterocycles. The highest BCUT2D eigenvalue weighted by atomic mass is 79.9. The monoisotopic (exact) mass is 258 g/mol. The molecule has 0 bridgehead atoms. The van der Waals surface area contributed by atoms with Crippen molar-refractivity contribution in [1.29, 1.82) is 0 Å². The summed E-state index contributed by atoms with van der Waals surface area (Å²) in [5, 5.41) is 0. The molecule has 4 heteroatoms. The third-order valence-corrected chi connectivity index (χ3v) is 2.24. The van der Waals surface area contributed by atoms with Gasteiger partial charge in [-0.15, -0.1) is 0 Å². The minimum absolute atomic E-state index is 0.205. The Hall–Kier alpha value is -1.03. The third kappa shape index (κ3) is 2.48. The number of ketones is 2. The van der Waals surface area contributed by atoms with E-state index >= 15 is 0 Å². The highest BCUT2D eigenvalue weighted by molar-refractivity contribution is 9.10. The molecule has 0 amide bonds. The van der Waals surface area contributed by atoms with E-state index in [0.717, 1.165) is 11.4 Å². The van der Waals surface area contributed by atoms with E-state index in [1.165, 1.54) is 12.1 Å². The fourth-order valence-corrected chi connectivity index (χ4v) is 1.21. The summed E-state index contributed by atoms with van der Waals surface area (Å²) >= 11 is 3.19. The number of carbonyl (C=O) groups excluding carboxylic acids is 2. The molecular formula is C10H8BrFO2. The molecule has 0 N–H and O–H groups in total. The summed E-state index contributed by atoms with van der Waals surface area (Å²) < 4.78 is 13.8. The molecule has 0 spiro atoms. The van der Waals surface area contributed by atoms with Crippen molar-refractivity contribution >= 4 is 27.5 Å². The first-order valence-corrected chi connectivity index (χ1v) is 4.76. The number of carbonyl (C=O) groups is 2. The average molecular weight is 259 g/mol. The topological polar surface area (TPSA) is 34.1 Å². The first-order chi connectivity index (χ1) is 6.52. The average Bonchev–Trinajstić information content (AvgIpc) is 2.16. The lowest BCUT2D eigenvalue weighted by molar-refractivity contribution is -0.120. The van der Waals surface area contributed by atoms with Gasteiger partial charge in [-0.05, 0) is 19.1 Å². The quantitative estimate of drug-likeness (QED) is 0.617. The van der Waals surface area contributed by atoms with E-state index in [1.54, 1.807) is 12.1 Å². The molecule has 1 aromatic rings. The van der Waals surface area contributed by atoms with Gasteiger partial charge in [0.25, 0.3) is 0 Å². The van der Waals surface area contributed by atoms with Gasteiger partial charge in [-0.1, -0.05) is 28.1 Å². The maximum atomic E-state index is 13.0. The number of rotatable bonds is 3. The predicted octanol–water partition coefficient (Wildman–Crippen LogP) is 2.56. The van der Waals surface area contributed by atoms with Crippen molar-refractivity contribution in [3.05, 3.63) is 34.3 Å². The zero-order valence-corrected chi connectivity index (χ0v) is 9.05. The number of hydrogen-bond acceptors (Lipinski definition) is 2. The summed E-state index contributed by atoms with van der Waals surface area (Å²) in [5.74, 6) is -1.55. The van der Waals surface area contributed by atoms with Gasteiger partial charge in [-0.3, -0.25) is 9.59 Å². The van der Waals surface area contributed by atoms with Crippen molar-refractivity contribution in [2.75, 3.05) is 0 Å². The van der Waals surface area contributed by atoms with E-state index in [9.17, 15) is 14.0 Å². The zero-order chi connectivity index (χ0) is 10.7. The predicted molar refractivity (Wildman–Crippen MR) is 54.0 cm³/mol. The molecular weight excluding hydrogens is 251 g/mol. The van der Waals surface area contributed by atoms with E-state index in [1.807, 2.05) is 0 Å². The molecule has 0 fully saturated rings. The van der Waals surface area contributed by atoms with Gasteiger partial charge in [0.15, 0.2) is 5.78 Å². The summed E-state index contributed by atoms with van der Waals surface area (Å²) in [6.45, 7) is 1.06. The van der Waals surface area contributed by atoms with Crippen molar-refractivity contribution in [3.8, 4) is 0 Å². The van der Waals surface area contributed by atoms with Gasteiger partial charge in [0.05, 0.1) is 0 Å². The van der Waals surface area contributed by atoms with Crippen LogP contribution >= 0.6 is 15.9 Å². The highest BCUT2D eigenvalue weighted by Gasteiger charge is 2.23. The third-order valence-electron chi connectivity index (χ3n) is 1.72. The number of Topliss-reactive ketones (excluding diaryl/α,β-unsaturated/α-hetero) is 2. The normalized spacial score (nSPS) is 12.2. The van der Waals surface area contributed by atoms with Gasteiger partial charge < -0.3 is 0 Å². The second-order valence-electron chi connectivity index (χ2n) is 2.84. The van der Waals surface area contributed by atoms with Crippen molar-refractivity contribution in [1.82, 2.24) is 0 Å². The van der Waals surface area contributed by atoms with Crippen LogP contribution in [0.5, 0.6) is 0 Å². The van der Waals surface area contributed by atoms with Crippen LogP contribution in [0.1, 0.15) is 17.3 Å². The Labute approximate surface area is 89.2 Å². The van der Waals surface area contributed by atoms with E-state index < -0.39 is 17.7 Å². The first kappa shape index (κ1) is 11.0. The molecule has 0 saturated heterocycles. The Morgan fingerprint density at radius 3 is 2.21 bits per heavy atom. The summed E-state index contributed by atoms with van der Waals surface area (Å²) in [7, 11) is 0. The Morgan fingerprint density at radius 2 is 1.79 bits per heavy atom. The van der Waals surface area contributed by atoms with Gasteiger partial charge >= 0.3 is 0 Å². The van der Waals surface area contributed by atoms with Crippen molar-refractivity contribution < 1.29 is 14.0 Å². The Bertz CT molecular complexity index is 359. The lowest BCUT2D eigenvalue weighted by Crippen LogP contribution is -2.23. The number of alkyl halides is 1. The van der Waals surface area contributed by atoms with Crippen molar-refractivity contribution in [3.63, 3.8) is 0 Å². The molecule has 0 aliphatic rings. The maximum Gasteiger partial charge on any atom is 0.220 e. The van der Waals surface area contributed by atoms with Crippen LogP contribution in [0.2, 0.25) is 0 Å².